The van der Waals surface area contributed by atoms with Crippen molar-refractivity contribution in [2.45, 2.75) is 6.18 Å². The molecule has 0 atom stereocenters. The zero-order valence-electron chi connectivity index (χ0n) is 13.9. The Bertz CT molecular complexity index is 925. The molecule has 8 nitrogen and oxygen atoms in total. The zero-order valence-corrected chi connectivity index (χ0v) is 13.9. The van der Waals surface area contributed by atoms with Crippen LogP contribution in [0.15, 0.2) is 42.5 Å². The number of halogens is 3. The van der Waals surface area contributed by atoms with Gasteiger partial charge in [0.15, 0.2) is 6.61 Å². The van der Waals surface area contributed by atoms with E-state index >= 15 is 0 Å². The van der Waals surface area contributed by atoms with Crippen LogP contribution in [0.25, 0.3) is 0 Å². The van der Waals surface area contributed by atoms with E-state index in [0.29, 0.717) is 11.8 Å². The van der Waals surface area contributed by atoms with Crippen LogP contribution in [-0.2, 0) is 15.7 Å². The highest BCUT2D eigenvalue weighted by Crippen LogP contribution is 2.37. The van der Waals surface area contributed by atoms with Crippen LogP contribution < -0.4 is 5.32 Å². The second kappa shape index (κ2) is 8.29. The molecule has 0 fully saturated rings. The summed E-state index contributed by atoms with van der Waals surface area (Å²) in [6.07, 6.45) is -4.39. The minimum Gasteiger partial charge on any atom is -0.452 e. The van der Waals surface area contributed by atoms with Crippen LogP contribution in [0.5, 0.6) is 0 Å². The number of carbonyl (C=O) groups is 3. The molecular weight excluding hydrogens is 385 g/mol. The predicted octanol–water partition coefficient (Wildman–Crippen LogP) is 3.22. The fraction of sp³-hybridized carbons (Fsp3) is 0.118. The quantitative estimate of drug-likeness (QED) is 0.347. The summed E-state index contributed by atoms with van der Waals surface area (Å²) in [7, 11) is 0. The summed E-state index contributed by atoms with van der Waals surface area (Å²) < 4.78 is 43.9. The normalized spacial score (nSPS) is 10.8. The maximum Gasteiger partial charge on any atom is 0.418 e. The number of nitro benzene ring substituents is 1. The number of benzene rings is 2. The number of hydrogen-bond acceptors (Lipinski definition) is 6. The van der Waals surface area contributed by atoms with Crippen molar-refractivity contribution in [2.24, 2.45) is 0 Å². The van der Waals surface area contributed by atoms with Gasteiger partial charge >= 0.3 is 12.1 Å². The molecule has 28 heavy (non-hydrogen) atoms. The van der Waals surface area contributed by atoms with Gasteiger partial charge in [-0.3, -0.25) is 19.7 Å². The summed E-state index contributed by atoms with van der Waals surface area (Å²) in [6, 6.07) is 7.07. The lowest BCUT2D eigenvalue weighted by Gasteiger charge is -2.13. The lowest BCUT2D eigenvalue weighted by atomic mass is 10.1. The van der Waals surface area contributed by atoms with E-state index in [-0.39, 0.29) is 11.6 Å². The van der Waals surface area contributed by atoms with E-state index in [1.54, 1.807) is 0 Å². The Morgan fingerprint density at radius 3 is 2.32 bits per heavy atom. The molecule has 0 aromatic heterocycles. The monoisotopic (exact) mass is 396 g/mol. The molecule has 0 saturated heterocycles. The molecular formula is C17H11F3N2O6. The molecule has 2 rings (SSSR count). The number of ether oxygens (including phenoxy) is 1. The van der Waals surface area contributed by atoms with Gasteiger partial charge in [-0.1, -0.05) is 12.1 Å². The summed E-state index contributed by atoms with van der Waals surface area (Å²) in [4.78, 5) is 43.8. The maximum atomic E-state index is 13.1. The highest BCUT2D eigenvalue weighted by Gasteiger charge is 2.35. The minimum absolute atomic E-state index is 0.0321. The molecule has 2 aromatic rings. The summed E-state index contributed by atoms with van der Waals surface area (Å²) in [5.41, 5.74) is -2.58. The number of nitrogens with one attached hydrogen (secondary N) is 1. The van der Waals surface area contributed by atoms with E-state index in [0.717, 1.165) is 12.1 Å². The molecule has 0 heterocycles. The van der Waals surface area contributed by atoms with Gasteiger partial charge in [-0.05, 0) is 18.2 Å². The first kappa shape index (κ1) is 20.6. The van der Waals surface area contributed by atoms with E-state index in [1.807, 2.05) is 5.32 Å². The fourth-order valence-corrected chi connectivity index (χ4v) is 2.09. The molecule has 0 saturated carbocycles. The van der Waals surface area contributed by atoms with Crippen molar-refractivity contribution in [1.29, 1.82) is 0 Å². The Kier molecular flexibility index (Phi) is 6.08. The zero-order chi connectivity index (χ0) is 20.9. The molecule has 146 valence electrons. The topological polar surface area (TPSA) is 116 Å². The van der Waals surface area contributed by atoms with Gasteiger partial charge in [0, 0.05) is 17.7 Å². The molecule has 0 aliphatic carbocycles. The first-order chi connectivity index (χ1) is 13.1. The van der Waals surface area contributed by atoms with Gasteiger partial charge in [-0.25, -0.2) is 4.79 Å². The number of nitro groups is 1. The van der Waals surface area contributed by atoms with Crippen molar-refractivity contribution in [3.05, 3.63) is 69.3 Å². The lowest BCUT2D eigenvalue weighted by molar-refractivity contribution is -0.385. The third kappa shape index (κ3) is 5.13. The molecule has 0 bridgehead atoms. The summed E-state index contributed by atoms with van der Waals surface area (Å²) >= 11 is 0. The average Bonchev–Trinajstić information content (AvgIpc) is 2.65. The van der Waals surface area contributed by atoms with Crippen molar-refractivity contribution >= 4 is 29.5 Å². The highest BCUT2D eigenvalue weighted by molar-refractivity contribution is 5.96. The van der Waals surface area contributed by atoms with Crippen molar-refractivity contribution in [1.82, 2.24) is 0 Å². The van der Waals surface area contributed by atoms with Gasteiger partial charge in [0.1, 0.15) is 6.29 Å². The lowest BCUT2D eigenvalue weighted by Crippen LogP contribution is -2.23. The van der Waals surface area contributed by atoms with E-state index in [2.05, 4.69) is 0 Å². The van der Waals surface area contributed by atoms with Gasteiger partial charge in [0.05, 0.1) is 21.7 Å². The third-order valence-corrected chi connectivity index (χ3v) is 3.41. The molecule has 11 heteroatoms. The van der Waals surface area contributed by atoms with E-state index < -0.39 is 46.5 Å². The van der Waals surface area contributed by atoms with E-state index in [1.165, 1.54) is 24.3 Å². The maximum absolute atomic E-state index is 13.1. The molecule has 0 spiro atoms. The number of hydrogen-bond donors (Lipinski definition) is 1. The van der Waals surface area contributed by atoms with Gasteiger partial charge in [0.25, 0.3) is 11.6 Å². The van der Waals surface area contributed by atoms with Gasteiger partial charge < -0.3 is 10.1 Å². The van der Waals surface area contributed by atoms with Gasteiger partial charge in [-0.2, -0.15) is 13.2 Å². The predicted molar refractivity (Wildman–Crippen MR) is 88.8 cm³/mol. The first-order valence-electron chi connectivity index (χ1n) is 7.49. The summed E-state index contributed by atoms with van der Waals surface area (Å²) in [5, 5.41) is 12.5. The average molecular weight is 396 g/mol. The van der Waals surface area contributed by atoms with Crippen LogP contribution in [0.4, 0.5) is 24.5 Å². The second-order valence-corrected chi connectivity index (χ2v) is 5.35. The minimum atomic E-state index is -4.95. The molecule has 1 amide bonds. The number of carbonyl (C=O) groups excluding carboxylic acids is 3. The van der Waals surface area contributed by atoms with Crippen molar-refractivity contribution < 1.29 is 37.2 Å². The molecule has 1 N–H and O–H groups in total. The Morgan fingerprint density at radius 2 is 1.79 bits per heavy atom. The van der Waals surface area contributed by atoms with E-state index in [9.17, 15) is 37.7 Å². The third-order valence-electron chi connectivity index (χ3n) is 3.41. The molecule has 0 radical (unpaired) electrons. The standard InChI is InChI=1S/C17H11F3N2O6/c18-17(19,20)13-7-12(22(26)27)5-6-14(13)21-15(24)9-28-16(25)11-3-1-10(8-23)2-4-11/h1-8H,9H2,(H,21,24). The number of esters is 1. The van der Waals surface area contributed by atoms with Crippen LogP contribution in [0, 0.1) is 10.1 Å². The Balaban J connectivity index is 2.07. The number of nitrogens with zero attached hydrogens (tertiary/aromatic N) is 1. The van der Waals surface area contributed by atoms with E-state index in [4.69, 9.17) is 4.74 Å². The highest BCUT2D eigenvalue weighted by atomic mass is 19.4. The largest absolute Gasteiger partial charge is 0.452 e. The smallest absolute Gasteiger partial charge is 0.418 e. The summed E-state index contributed by atoms with van der Waals surface area (Å²) in [6.45, 7) is -0.886. The van der Waals surface area contributed by atoms with Gasteiger partial charge in [0.2, 0.25) is 0 Å². The summed E-state index contributed by atoms with van der Waals surface area (Å²) in [5.74, 6) is -2.00. The fourth-order valence-electron chi connectivity index (χ4n) is 2.09. The second-order valence-electron chi connectivity index (χ2n) is 5.35. The number of aldehydes is 1. The van der Waals surface area contributed by atoms with Crippen molar-refractivity contribution in [2.75, 3.05) is 11.9 Å². The first-order valence-corrected chi connectivity index (χ1v) is 7.49. The molecule has 2 aromatic carbocycles. The molecule has 0 aliphatic rings. The van der Waals surface area contributed by atoms with Gasteiger partial charge in [-0.15, -0.1) is 0 Å². The molecule has 0 aliphatic heterocycles. The molecule has 0 unspecified atom stereocenters. The van der Waals surface area contributed by atoms with Crippen LogP contribution in [0.3, 0.4) is 0 Å². The SMILES string of the molecule is O=Cc1ccc(C(=O)OCC(=O)Nc2ccc([N+](=O)[O-])cc2C(F)(F)F)cc1. The number of anilines is 1. The van der Waals surface area contributed by atoms with Crippen LogP contribution in [0.2, 0.25) is 0 Å². The number of rotatable bonds is 6. The number of non-ortho nitro benzene ring substituents is 1. The Hall–Kier alpha value is -3.76. The Morgan fingerprint density at radius 1 is 1.14 bits per heavy atom. The van der Waals surface area contributed by atoms with Crippen LogP contribution in [-0.4, -0.2) is 29.7 Å². The van der Waals surface area contributed by atoms with Crippen LogP contribution in [0.1, 0.15) is 26.3 Å². The van der Waals surface area contributed by atoms with Crippen molar-refractivity contribution in [3.63, 3.8) is 0 Å². The number of alkyl halides is 3. The number of amides is 1. The van der Waals surface area contributed by atoms with Crippen molar-refractivity contribution in [3.8, 4) is 0 Å². The Labute approximate surface area is 155 Å². The van der Waals surface area contributed by atoms with Crippen LogP contribution >= 0.6 is 0 Å².